The monoisotopic (exact) mass is 339 g/mol. The second kappa shape index (κ2) is 8.96. The van der Waals surface area contributed by atoms with Crippen LogP contribution >= 0.6 is 0 Å². The summed E-state index contributed by atoms with van der Waals surface area (Å²) < 4.78 is 16.8. The van der Waals surface area contributed by atoms with Gasteiger partial charge in [-0.2, -0.15) is 0 Å². The molecule has 7 nitrogen and oxygen atoms in total. The molecule has 1 aromatic rings. The summed E-state index contributed by atoms with van der Waals surface area (Å²) in [5.41, 5.74) is 0.914. The van der Waals surface area contributed by atoms with Gasteiger partial charge in [-0.1, -0.05) is 6.07 Å². The molecule has 1 aliphatic heterocycles. The van der Waals surface area contributed by atoms with Crippen LogP contribution in [-0.4, -0.2) is 56.6 Å². The zero-order valence-corrected chi connectivity index (χ0v) is 14.6. The standard InChI is InChI=1S/C17H26N2O5/c1-13-4-5-16(19(20)21)17(10-13)23-9-8-22-7-6-18-11-14(2)24-15(3)12-18/h4-5,10,14-15H,6-9,11-12H2,1-3H3/p+1/t14-,15+. The Kier molecular flexibility index (Phi) is 6.96. The van der Waals surface area contributed by atoms with Gasteiger partial charge in [0, 0.05) is 6.07 Å². The molecule has 134 valence electrons. The Morgan fingerprint density at radius 2 is 1.96 bits per heavy atom. The Bertz CT molecular complexity index is 542. The van der Waals surface area contributed by atoms with Gasteiger partial charge in [0.2, 0.25) is 0 Å². The molecule has 24 heavy (non-hydrogen) atoms. The summed E-state index contributed by atoms with van der Waals surface area (Å²) >= 11 is 0. The molecule has 0 spiro atoms. The highest BCUT2D eigenvalue weighted by molar-refractivity contribution is 5.48. The van der Waals surface area contributed by atoms with Crippen molar-refractivity contribution in [1.82, 2.24) is 0 Å². The highest BCUT2D eigenvalue weighted by Crippen LogP contribution is 2.27. The number of morpholine rings is 1. The fourth-order valence-electron chi connectivity index (χ4n) is 3.01. The van der Waals surface area contributed by atoms with Crippen molar-refractivity contribution in [2.24, 2.45) is 0 Å². The van der Waals surface area contributed by atoms with Crippen LogP contribution in [0.5, 0.6) is 5.75 Å². The Morgan fingerprint density at radius 1 is 1.25 bits per heavy atom. The smallest absolute Gasteiger partial charge is 0.310 e. The van der Waals surface area contributed by atoms with E-state index in [1.807, 2.05) is 6.92 Å². The average Bonchev–Trinajstić information content (AvgIpc) is 2.49. The first kappa shape index (κ1) is 18.6. The van der Waals surface area contributed by atoms with Crippen LogP contribution in [0, 0.1) is 17.0 Å². The van der Waals surface area contributed by atoms with Crippen LogP contribution in [0.3, 0.4) is 0 Å². The first-order chi connectivity index (χ1) is 11.5. The van der Waals surface area contributed by atoms with Crippen LogP contribution in [0.1, 0.15) is 19.4 Å². The Hall–Kier alpha value is -1.70. The topological polar surface area (TPSA) is 75.3 Å². The predicted molar refractivity (Wildman–Crippen MR) is 89.7 cm³/mol. The molecule has 1 aliphatic rings. The molecule has 1 aromatic carbocycles. The van der Waals surface area contributed by atoms with E-state index in [-0.39, 0.29) is 17.9 Å². The largest absolute Gasteiger partial charge is 0.484 e. The van der Waals surface area contributed by atoms with Gasteiger partial charge in [0.1, 0.15) is 38.4 Å². The summed E-state index contributed by atoms with van der Waals surface area (Å²) in [6.45, 7) is 10.4. The number of nitrogens with one attached hydrogen (secondary N) is 1. The molecule has 0 aliphatic carbocycles. The number of nitro benzene ring substituents is 1. The molecule has 2 rings (SSSR count). The van der Waals surface area contributed by atoms with Gasteiger partial charge in [-0.25, -0.2) is 0 Å². The van der Waals surface area contributed by atoms with Crippen LogP contribution < -0.4 is 9.64 Å². The van der Waals surface area contributed by atoms with Crippen LogP contribution in [0.4, 0.5) is 5.69 Å². The summed E-state index contributed by atoms with van der Waals surface area (Å²) in [4.78, 5) is 12.0. The minimum Gasteiger partial charge on any atom is -0.484 e. The highest BCUT2D eigenvalue weighted by atomic mass is 16.6. The first-order valence-electron chi connectivity index (χ1n) is 8.40. The number of rotatable bonds is 8. The number of hydrogen-bond donors (Lipinski definition) is 1. The molecule has 1 unspecified atom stereocenters. The van der Waals surface area contributed by atoms with E-state index in [2.05, 4.69) is 13.8 Å². The molecule has 0 radical (unpaired) electrons. The molecule has 1 fully saturated rings. The van der Waals surface area contributed by atoms with Crippen molar-refractivity contribution < 1.29 is 24.0 Å². The quantitative estimate of drug-likeness (QED) is 0.434. The Morgan fingerprint density at radius 3 is 2.62 bits per heavy atom. The number of aryl methyl sites for hydroxylation is 1. The number of ether oxygens (including phenoxy) is 3. The highest BCUT2D eigenvalue weighted by Gasteiger charge is 2.25. The molecule has 1 saturated heterocycles. The average molecular weight is 339 g/mol. The maximum absolute atomic E-state index is 11.0. The lowest BCUT2D eigenvalue weighted by Gasteiger charge is -2.32. The van der Waals surface area contributed by atoms with Crippen LogP contribution in [-0.2, 0) is 9.47 Å². The van der Waals surface area contributed by atoms with Gasteiger partial charge in [0.05, 0.1) is 18.1 Å². The maximum Gasteiger partial charge on any atom is 0.310 e. The third-order valence-electron chi connectivity index (χ3n) is 4.01. The van der Waals surface area contributed by atoms with Gasteiger partial charge in [-0.15, -0.1) is 0 Å². The maximum atomic E-state index is 11.0. The van der Waals surface area contributed by atoms with E-state index in [0.717, 1.165) is 25.2 Å². The third-order valence-corrected chi connectivity index (χ3v) is 4.01. The number of quaternary nitrogens is 1. The van der Waals surface area contributed by atoms with Crippen LogP contribution in [0.15, 0.2) is 18.2 Å². The predicted octanol–water partition coefficient (Wildman–Crippen LogP) is 0.991. The van der Waals surface area contributed by atoms with Crippen molar-refractivity contribution in [2.45, 2.75) is 33.0 Å². The van der Waals surface area contributed by atoms with Crippen molar-refractivity contribution in [3.05, 3.63) is 33.9 Å². The number of nitro groups is 1. The van der Waals surface area contributed by atoms with E-state index in [4.69, 9.17) is 14.2 Å². The fourth-order valence-corrected chi connectivity index (χ4v) is 3.01. The summed E-state index contributed by atoms with van der Waals surface area (Å²) in [7, 11) is 0. The van der Waals surface area contributed by atoms with E-state index >= 15 is 0 Å². The summed E-state index contributed by atoms with van der Waals surface area (Å²) in [6, 6.07) is 4.85. The lowest BCUT2D eigenvalue weighted by atomic mass is 10.2. The molecule has 7 heteroatoms. The SMILES string of the molecule is Cc1ccc([N+](=O)[O-])c(OCCOCC[NH+]2C[C@@H](C)O[C@@H](C)C2)c1. The van der Waals surface area contributed by atoms with E-state index in [9.17, 15) is 10.1 Å². The van der Waals surface area contributed by atoms with Crippen molar-refractivity contribution in [3.8, 4) is 5.75 Å². The number of benzene rings is 1. The van der Waals surface area contributed by atoms with Gasteiger partial charge in [-0.3, -0.25) is 10.1 Å². The molecule has 0 amide bonds. The minimum absolute atomic E-state index is 0.0127. The van der Waals surface area contributed by atoms with Gasteiger partial charge in [0.25, 0.3) is 0 Å². The van der Waals surface area contributed by atoms with E-state index in [1.54, 1.807) is 12.1 Å². The number of nitrogens with zero attached hydrogens (tertiary/aromatic N) is 1. The molecular formula is C17H27N2O5+. The molecule has 0 saturated carbocycles. The van der Waals surface area contributed by atoms with Crippen molar-refractivity contribution >= 4 is 5.69 Å². The van der Waals surface area contributed by atoms with Crippen LogP contribution in [0.25, 0.3) is 0 Å². The molecule has 0 bridgehead atoms. The molecular weight excluding hydrogens is 312 g/mol. The van der Waals surface area contributed by atoms with E-state index in [1.165, 1.54) is 11.0 Å². The van der Waals surface area contributed by atoms with Gasteiger partial charge < -0.3 is 19.1 Å². The van der Waals surface area contributed by atoms with Gasteiger partial charge in [-0.05, 0) is 32.4 Å². The third kappa shape index (κ3) is 5.74. The zero-order valence-electron chi connectivity index (χ0n) is 14.6. The normalized spacial score (nSPS) is 23.9. The van der Waals surface area contributed by atoms with Gasteiger partial charge >= 0.3 is 5.69 Å². The van der Waals surface area contributed by atoms with E-state index in [0.29, 0.717) is 25.6 Å². The Balaban J connectivity index is 1.67. The first-order valence-corrected chi connectivity index (χ1v) is 8.40. The molecule has 3 atom stereocenters. The lowest BCUT2D eigenvalue weighted by Crippen LogP contribution is -3.15. The zero-order chi connectivity index (χ0) is 17.5. The summed E-state index contributed by atoms with van der Waals surface area (Å²) in [6.07, 6.45) is 0.572. The molecule has 1 N–H and O–H groups in total. The lowest BCUT2D eigenvalue weighted by molar-refractivity contribution is -0.915. The molecule has 0 aromatic heterocycles. The van der Waals surface area contributed by atoms with Crippen molar-refractivity contribution in [1.29, 1.82) is 0 Å². The second-order valence-corrected chi connectivity index (χ2v) is 6.35. The summed E-state index contributed by atoms with van der Waals surface area (Å²) in [5.74, 6) is 0.296. The summed E-state index contributed by atoms with van der Waals surface area (Å²) in [5, 5.41) is 11.0. The van der Waals surface area contributed by atoms with Crippen molar-refractivity contribution in [2.75, 3.05) is 39.5 Å². The van der Waals surface area contributed by atoms with Crippen molar-refractivity contribution in [3.63, 3.8) is 0 Å². The molecule has 1 heterocycles. The van der Waals surface area contributed by atoms with E-state index < -0.39 is 4.92 Å². The second-order valence-electron chi connectivity index (χ2n) is 6.35. The fraction of sp³-hybridized carbons (Fsp3) is 0.647. The van der Waals surface area contributed by atoms with Crippen LogP contribution in [0.2, 0.25) is 0 Å². The Labute approximate surface area is 142 Å². The minimum atomic E-state index is -0.431. The van der Waals surface area contributed by atoms with Gasteiger partial charge in [0.15, 0.2) is 5.75 Å². The number of hydrogen-bond acceptors (Lipinski definition) is 5.